The normalized spacial score (nSPS) is 15.2. The predicted molar refractivity (Wildman–Crippen MR) is 86.6 cm³/mol. The van der Waals surface area contributed by atoms with Gasteiger partial charge in [-0.05, 0) is 58.4 Å². The van der Waals surface area contributed by atoms with Gasteiger partial charge < -0.3 is 4.74 Å². The highest BCUT2D eigenvalue weighted by atomic mass is 16.5. The molecule has 0 radical (unpaired) electrons. The highest BCUT2D eigenvalue weighted by Crippen LogP contribution is 2.16. The third kappa shape index (κ3) is 8.73. The van der Waals surface area contributed by atoms with E-state index < -0.39 is 0 Å². The van der Waals surface area contributed by atoms with E-state index in [1.165, 1.54) is 5.57 Å². The Morgan fingerprint density at radius 3 is 2.20 bits per heavy atom. The maximum atomic E-state index is 11.4. The molecular formula is C18H30O2. The second-order valence-electron chi connectivity index (χ2n) is 5.45. The Hall–Kier alpha value is -1.31. The van der Waals surface area contributed by atoms with Crippen molar-refractivity contribution in [2.24, 2.45) is 5.92 Å². The third-order valence-electron chi connectivity index (χ3n) is 3.50. The highest BCUT2D eigenvalue weighted by Gasteiger charge is 2.02. The summed E-state index contributed by atoms with van der Waals surface area (Å²) in [7, 11) is 0. The van der Waals surface area contributed by atoms with Crippen LogP contribution >= 0.6 is 0 Å². The molecule has 20 heavy (non-hydrogen) atoms. The van der Waals surface area contributed by atoms with Crippen LogP contribution in [0.4, 0.5) is 0 Å². The van der Waals surface area contributed by atoms with Crippen LogP contribution in [0.1, 0.15) is 60.8 Å². The molecule has 0 spiro atoms. The number of esters is 1. The van der Waals surface area contributed by atoms with Crippen LogP contribution in [0.5, 0.6) is 0 Å². The summed E-state index contributed by atoms with van der Waals surface area (Å²) in [5.74, 6) is 0.370. The highest BCUT2D eigenvalue weighted by molar-refractivity contribution is 5.83. The Kier molecular flexibility index (Phi) is 9.79. The maximum Gasteiger partial charge on any atom is 0.331 e. The smallest absolute Gasteiger partial charge is 0.331 e. The minimum Gasteiger partial charge on any atom is -0.463 e. The molecule has 0 aromatic heterocycles. The summed E-state index contributed by atoms with van der Waals surface area (Å²) >= 11 is 0. The predicted octanol–water partition coefficient (Wildman–Crippen LogP) is 5.21. The van der Waals surface area contributed by atoms with Gasteiger partial charge in [-0.1, -0.05) is 37.1 Å². The summed E-state index contributed by atoms with van der Waals surface area (Å²) in [6, 6.07) is 0. The Morgan fingerprint density at radius 1 is 1.05 bits per heavy atom. The van der Waals surface area contributed by atoms with Crippen LogP contribution in [-0.2, 0) is 9.53 Å². The molecule has 2 heteroatoms. The van der Waals surface area contributed by atoms with Gasteiger partial charge in [-0.3, -0.25) is 0 Å². The van der Waals surface area contributed by atoms with Gasteiger partial charge in [-0.15, -0.1) is 0 Å². The second-order valence-corrected chi connectivity index (χ2v) is 5.45. The van der Waals surface area contributed by atoms with Crippen molar-refractivity contribution in [2.75, 3.05) is 6.61 Å². The molecular weight excluding hydrogens is 248 g/mol. The van der Waals surface area contributed by atoms with E-state index in [0.717, 1.165) is 30.4 Å². The van der Waals surface area contributed by atoms with Crippen molar-refractivity contribution in [3.8, 4) is 0 Å². The van der Waals surface area contributed by atoms with Gasteiger partial charge in [0, 0.05) is 6.08 Å². The first-order valence-electron chi connectivity index (χ1n) is 7.58. The molecule has 0 bridgehead atoms. The Labute approximate surface area is 124 Å². The fourth-order valence-corrected chi connectivity index (χ4v) is 1.66. The molecule has 1 atom stereocenters. The van der Waals surface area contributed by atoms with Crippen molar-refractivity contribution in [2.45, 2.75) is 60.8 Å². The summed E-state index contributed by atoms with van der Waals surface area (Å²) < 4.78 is 4.92. The molecule has 114 valence electrons. The van der Waals surface area contributed by atoms with E-state index in [2.05, 4.69) is 32.9 Å². The Bertz CT molecular complexity index is 386. The molecule has 1 unspecified atom stereocenters. The molecule has 0 heterocycles. The number of ether oxygens (including phenoxy) is 1. The van der Waals surface area contributed by atoms with Crippen LogP contribution in [0, 0.1) is 5.92 Å². The topological polar surface area (TPSA) is 26.3 Å². The summed E-state index contributed by atoms with van der Waals surface area (Å²) in [5, 5.41) is 0. The zero-order valence-corrected chi connectivity index (χ0v) is 14.0. The van der Waals surface area contributed by atoms with E-state index in [-0.39, 0.29) is 5.97 Å². The molecule has 0 saturated carbocycles. The zero-order chi connectivity index (χ0) is 15.5. The summed E-state index contributed by atoms with van der Waals surface area (Å²) in [6.07, 6.45) is 9.39. The SMILES string of the molecule is CCOC(=O)/C=C(C)/C(C)=C/CC(C)C/C=C(\C)CC. The van der Waals surface area contributed by atoms with Crippen molar-refractivity contribution < 1.29 is 9.53 Å². The quantitative estimate of drug-likeness (QED) is 0.263. The van der Waals surface area contributed by atoms with Crippen LogP contribution in [0.2, 0.25) is 0 Å². The molecule has 0 aromatic carbocycles. The molecule has 0 amide bonds. The largest absolute Gasteiger partial charge is 0.463 e. The lowest BCUT2D eigenvalue weighted by Gasteiger charge is -2.08. The maximum absolute atomic E-state index is 11.4. The van der Waals surface area contributed by atoms with E-state index in [1.807, 2.05) is 20.8 Å². The molecule has 2 nitrogen and oxygen atoms in total. The van der Waals surface area contributed by atoms with Crippen molar-refractivity contribution in [1.82, 2.24) is 0 Å². The fraction of sp³-hybridized carbons (Fsp3) is 0.611. The number of carbonyl (C=O) groups excluding carboxylic acids is 1. The van der Waals surface area contributed by atoms with E-state index in [4.69, 9.17) is 4.74 Å². The number of carbonyl (C=O) groups is 1. The molecule has 0 N–H and O–H groups in total. The Morgan fingerprint density at radius 2 is 1.65 bits per heavy atom. The minimum atomic E-state index is -0.257. The minimum absolute atomic E-state index is 0.257. The third-order valence-corrected chi connectivity index (χ3v) is 3.50. The van der Waals surface area contributed by atoms with Crippen molar-refractivity contribution in [3.63, 3.8) is 0 Å². The van der Waals surface area contributed by atoms with Crippen LogP contribution in [0.25, 0.3) is 0 Å². The number of allylic oxidation sites excluding steroid dienone is 5. The van der Waals surface area contributed by atoms with Crippen LogP contribution in [-0.4, -0.2) is 12.6 Å². The van der Waals surface area contributed by atoms with Gasteiger partial charge in [-0.25, -0.2) is 4.79 Å². The fourth-order valence-electron chi connectivity index (χ4n) is 1.66. The van der Waals surface area contributed by atoms with E-state index in [1.54, 1.807) is 6.08 Å². The molecule has 0 aliphatic heterocycles. The molecule has 0 rings (SSSR count). The average molecular weight is 278 g/mol. The van der Waals surface area contributed by atoms with Crippen molar-refractivity contribution in [1.29, 1.82) is 0 Å². The van der Waals surface area contributed by atoms with Gasteiger partial charge >= 0.3 is 5.97 Å². The van der Waals surface area contributed by atoms with E-state index in [9.17, 15) is 4.79 Å². The summed E-state index contributed by atoms with van der Waals surface area (Å²) in [4.78, 5) is 11.4. The first-order chi connectivity index (χ1) is 9.40. The standard InChI is InChI=1S/C18H30O2/c1-7-14(3)9-10-15(4)11-12-16(5)17(6)13-18(19)20-8-2/h9,12-13,15H,7-8,10-11H2,1-6H3/b14-9+,16-12+,17-13+. The second kappa shape index (κ2) is 10.5. The molecule has 0 fully saturated rings. The molecule has 0 saturated heterocycles. The van der Waals surface area contributed by atoms with Gasteiger partial charge in [0.1, 0.15) is 0 Å². The van der Waals surface area contributed by atoms with Gasteiger partial charge in [0.15, 0.2) is 0 Å². The van der Waals surface area contributed by atoms with Gasteiger partial charge in [-0.2, -0.15) is 0 Å². The van der Waals surface area contributed by atoms with Crippen molar-refractivity contribution in [3.05, 3.63) is 34.9 Å². The lowest BCUT2D eigenvalue weighted by Crippen LogP contribution is -2.01. The van der Waals surface area contributed by atoms with Gasteiger partial charge in [0.05, 0.1) is 6.61 Å². The van der Waals surface area contributed by atoms with Gasteiger partial charge in [0.25, 0.3) is 0 Å². The Balaban J connectivity index is 4.40. The summed E-state index contributed by atoms with van der Waals surface area (Å²) in [6.45, 7) is 12.9. The van der Waals surface area contributed by atoms with Crippen LogP contribution in [0.3, 0.4) is 0 Å². The summed E-state index contributed by atoms with van der Waals surface area (Å²) in [5.41, 5.74) is 3.59. The average Bonchev–Trinajstić information content (AvgIpc) is 2.41. The zero-order valence-electron chi connectivity index (χ0n) is 14.0. The molecule has 0 aromatic rings. The first kappa shape index (κ1) is 18.7. The molecule has 0 aliphatic carbocycles. The van der Waals surface area contributed by atoms with E-state index >= 15 is 0 Å². The number of hydrogen-bond acceptors (Lipinski definition) is 2. The van der Waals surface area contributed by atoms with Gasteiger partial charge in [0.2, 0.25) is 0 Å². The number of hydrogen-bond donors (Lipinski definition) is 0. The van der Waals surface area contributed by atoms with Crippen molar-refractivity contribution >= 4 is 5.97 Å². The van der Waals surface area contributed by atoms with Crippen LogP contribution in [0.15, 0.2) is 34.9 Å². The lowest BCUT2D eigenvalue weighted by molar-refractivity contribution is -0.137. The lowest BCUT2D eigenvalue weighted by atomic mass is 9.98. The monoisotopic (exact) mass is 278 g/mol. The first-order valence-corrected chi connectivity index (χ1v) is 7.58. The number of rotatable bonds is 8. The molecule has 0 aliphatic rings. The van der Waals surface area contributed by atoms with E-state index in [0.29, 0.717) is 12.5 Å². The van der Waals surface area contributed by atoms with Crippen LogP contribution < -0.4 is 0 Å².